The van der Waals surface area contributed by atoms with Gasteiger partial charge < -0.3 is 9.84 Å². The Hall–Kier alpha value is -2.10. The van der Waals surface area contributed by atoms with E-state index in [1.807, 2.05) is 36.4 Å². The minimum atomic E-state index is -0.971. The molecule has 1 aromatic carbocycles. The van der Waals surface area contributed by atoms with Crippen molar-refractivity contribution in [2.24, 2.45) is 5.92 Å². The van der Waals surface area contributed by atoms with Crippen molar-refractivity contribution in [3.63, 3.8) is 0 Å². The van der Waals surface area contributed by atoms with Gasteiger partial charge in [0.05, 0.1) is 12.3 Å². The molecular weight excluding hydrogens is 412 g/mol. The molecular formula is C29H46O4. The molecule has 1 aromatic rings. The predicted molar refractivity (Wildman–Crippen MR) is 136 cm³/mol. The summed E-state index contributed by atoms with van der Waals surface area (Å²) in [7, 11) is 0. The van der Waals surface area contributed by atoms with Crippen LogP contribution in [-0.4, -0.2) is 17.0 Å². The number of carboxylic acids is 1. The van der Waals surface area contributed by atoms with Crippen LogP contribution in [0.5, 0.6) is 0 Å². The number of aliphatic carboxylic acids is 1. The van der Waals surface area contributed by atoms with Crippen LogP contribution in [-0.2, 0) is 20.9 Å². The second kappa shape index (κ2) is 20.5. The summed E-state index contributed by atoms with van der Waals surface area (Å²) in [4.78, 5) is 23.5. The van der Waals surface area contributed by atoms with E-state index in [4.69, 9.17) is 9.84 Å². The molecule has 4 heteroatoms. The first-order chi connectivity index (χ1) is 16.1. The highest BCUT2D eigenvalue weighted by atomic mass is 16.5. The zero-order valence-electron chi connectivity index (χ0n) is 20.8. The van der Waals surface area contributed by atoms with Gasteiger partial charge in [0.2, 0.25) is 0 Å². The number of unbranched alkanes of at least 4 members (excludes halogenated alkanes) is 13. The van der Waals surface area contributed by atoms with Gasteiger partial charge in [0, 0.05) is 0 Å². The maximum atomic E-state index is 12.3. The summed E-state index contributed by atoms with van der Waals surface area (Å²) >= 11 is 0. The number of hydrogen-bond acceptors (Lipinski definition) is 3. The summed E-state index contributed by atoms with van der Waals surface area (Å²) < 4.78 is 5.33. The maximum Gasteiger partial charge on any atom is 0.310 e. The first kappa shape index (κ1) is 28.9. The van der Waals surface area contributed by atoms with Crippen LogP contribution in [0, 0.1) is 5.92 Å². The number of carbonyl (C=O) groups excluding carboxylic acids is 1. The lowest BCUT2D eigenvalue weighted by Crippen LogP contribution is -2.20. The zero-order chi connectivity index (χ0) is 24.0. The van der Waals surface area contributed by atoms with Gasteiger partial charge in [-0.05, 0) is 24.8 Å². The smallest absolute Gasteiger partial charge is 0.310 e. The van der Waals surface area contributed by atoms with Crippen LogP contribution in [0.4, 0.5) is 0 Å². The fourth-order valence-electron chi connectivity index (χ4n) is 3.98. The number of hydrogen-bond donors (Lipinski definition) is 1. The molecule has 1 unspecified atom stereocenters. The third-order valence-electron chi connectivity index (χ3n) is 6.04. The summed E-state index contributed by atoms with van der Waals surface area (Å²) in [6, 6.07) is 9.44. The average molecular weight is 459 g/mol. The molecule has 1 N–H and O–H groups in total. The number of benzene rings is 1. The quantitative estimate of drug-likeness (QED) is 0.114. The third-order valence-corrected chi connectivity index (χ3v) is 6.04. The third kappa shape index (κ3) is 17.1. The lowest BCUT2D eigenvalue weighted by Gasteiger charge is -2.12. The summed E-state index contributed by atoms with van der Waals surface area (Å²) in [6.45, 7) is 2.44. The molecule has 0 saturated heterocycles. The number of allylic oxidation sites excluding steroid dienone is 2. The van der Waals surface area contributed by atoms with Crippen LogP contribution in [0.1, 0.15) is 115 Å². The van der Waals surface area contributed by atoms with Gasteiger partial charge in [0.1, 0.15) is 6.61 Å². The fraction of sp³-hybridized carbons (Fsp3) is 0.655. The number of rotatable bonds is 21. The van der Waals surface area contributed by atoms with Crippen molar-refractivity contribution in [2.45, 2.75) is 116 Å². The van der Waals surface area contributed by atoms with E-state index in [2.05, 4.69) is 13.0 Å². The largest absolute Gasteiger partial charge is 0.481 e. The Morgan fingerprint density at radius 1 is 0.818 bits per heavy atom. The van der Waals surface area contributed by atoms with E-state index in [9.17, 15) is 9.59 Å². The Morgan fingerprint density at radius 3 is 1.91 bits per heavy atom. The van der Waals surface area contributed by atoms with Crippen molar-refractivity contribution in [3.8, 4) is 0 Å². The summed E-state index contributed by atoms with van der Waals surface area (Å²) in [5, 5.41) is 9.12. The lowest BCUT2D eigenvalue weighted by atomic mass is 10.0. The fourth-order valence-corrected chi connectivity index (χ4v) is 3.98. The molecule has 0 heterocycles. The van der Waals surface area contributed by atoms with Crippen molar-refractivity contribution in [3.05, 3.63) is 48.0 Å². The van der Waals surface area contributed by atoms with Crippen molar-refractivity contribution >= 4 is 11.9 Å². The minimum absolute atomic E-state index is 0.179. The maximum absolute atomic E-state index is 12.3. The highest BCUT2D eigenvalue weighted by Crippen LogP contribution is 2.16. The summed E-state index contributed by atoms with van der Waals surface area (Å²) in [5.74, 6) is -2.04. The van der Waals surface area contributed by atoms with Gasteiger partial charge in [-0.15, -0.1) is 0 Å². The van der Waals surface area contributed by atoms with Crippen LogP contribution < -0.4 is 0 Å². The molecule has 0 aromatic heterocycles. The highest BCUT2D eigenvalue weighted by molar-refractivity contribution is 5.79. The first-order valence-corrected chi connectivity index (χ1v) is 13.2. The molecule has 0 spiro atoms. The van der Waals surface area contributed by atoms with Gasteiger partial charge >= 0.3 is 11.9 Å². The molecule has 4 nitrogen and oxygen atoms in total. The number of esters is 1. The SMILES string of the molecule is CCCCCCCCCCCCCCCC=CCC(CC(=O)O)C(=O)OCc1ccccc1. The predicted octanol–water partition coefficient (Wildman–Crippen LogP) is 8.25. The van der Waals surface area contributed by atoms with Gasteiger partial charge in [0.15, 0.2) is 0 Å². The molecule has 33 heavy (non-hydrogen) atoms. The zero-order valence-corrected chi connectivity index (χ0v) is 20.8. The van der Waals surface area contributed by atoms with Gasteiger partial charge in [-0.2, -0.15) is 0 Å². The normalized spacial score (nSPS) is 12.2. The van der Waals surface area contributed by atoms with E-state index in [1.54, 1.807) is 0 Å². The van der Waals surface area contributed by atoms with Crippen LogP contribution in [0.2, 0.25) is 0 Å². The van der Waals surface area contributed by atoms with Crippen molar-refractivity contribution in [2.75, 3.05) is 0 Å². The Balaban J connectivity index is 2.07. The Morgan fingerprint density at radius 2 is 1.36 bits per heavy atom. The molecule has 0 saturated carbocycles. The number of ether oxygens (including phenoxy) is 1. The topological polar surface area (TPSA) is 63.6 Å². The summed E-state index contributed by atoms with van der Waals surface area (Å²) in [5.41, 5.74) is 0.901. The van der Waals surface area contributed by atoms with E-state index in [1.165, 1.54) is 77.0 Å². The van der Waals surface area contributed by atoms with Crippen LogP contribution >= 0.6 is 0 Å². The Labute approximate surface area is 201 Å². The molecule has 1 atom stereocenters. The highest BCUT2D eigenvalue weighted by Gasteiger charge is 2.22. The molecule has 0 amide bonds. The molecule has 0 aliphatic heterocycles. The van der Waals surface area contributed by atoms with E-state index >= 15 is 0 Å². The monoisotopic (exact) mass is 458 g/mol. The van der Waals surface area contributed by atoms with Crippen molar-refractivity contribution in [1.82, 2.24) is 0 Å². The molecule has 186 valence electrons. The van der Waals surface area contributed by atoms with E-state index in [-0.39, 0.29) is 13.0 Å². The molecule has 0 aliphatic carbocycles. The standard InChI is InChI=1S/C29H46O4/c1-2-3-4-5-6-7-8-9-10-11-12-13-14-15-16-20-23-27(24-28(30)31)29(32)33-25-26-21-18-17-19-22-26/h16-22,27H,2-15,23-25H2,1H3,(H,30,31). The van der Waals surface area contributed by atoms with Gasteiger partial charge in [-0.3, -0.25) is 9.59 Å². The van der Waals surface area contributed by atoms with Crippen LogP contribution in [0.3, 0.4) is 0 Å². The molecule has 0 fully saturated rings. The second-order valence-corrected chi connectivity index (χ2v) is 9.13. The van der Waals surface area contributed by atoms with Crippen molar-refractivity contribution in [1.29, 1.82) is 0 Å². The average Bonchev–Trinajstić information content (AvgIpc) is 2.82. The van der Waals surface area contributed by atoms with Crippen LogP contribution in [0.25, 0.3) is 0 Å². The van der Waals surface area contributed by atoms with E-state index in [0.717, 1.165) is 18.4 Å². The van der Waals surface area contributed by atoms with Crippen LogP contribution in [0.15, 0.2) is 42.5 Å². The number of carboxylic acid groups (broad SMARTS) is 1. The lowest BCUT2D eigenvalue weighted by molar-refractivity contribution is -0.154. The second-order valence-electron chi connectivity index (χ2n) is 9.13. The Kier molecular flexibility index (Phi) is 18.0. The summed E-state index contributed by atoms with van der Waals surface area (Å²) in [6.07, 6.45) is 22.7. The first-order valence-electron chi connectivity index (χ1n) is 13.2. The van der Waals surface area contributed by atoms with E-state index in [0.29, 0.717) is 6.42 Å². The minimum Gasteiger partial charge on any atom is -0.481 e. The number of carbonyl (C=O) groups is 2. The molecule has 0 radical (unpaired) electrons. The van der Waals surface area contributed by atoms with Gasteiger partial charge in [-0.1, -0.05) is 126 Å². The Bertz CT molecular complexity index is 638. The van der Waals surface area contributed by atoms with E-state index < -0.39 is 17.9 Å². The molecule has 1 rings (SSSR count). The molecule has 0 aliphatic rings. The van der Waals surface area contributed by atoms with Gasteiger partial charge in [-0.25, -0.2) is 0 Å². The van der Waals surface area contributed by atoms with Gasteiger partial charge in [0.25, 0.3) is 0 Å². The molecule has 0 bridgehead atoms. The van der Waals surface area contributed by atoms with Crippen molar-refractivity contribution < 1.29 is 19.4 Å².